The maximum atomic E-state index is 12.1. The minimum atomic E-state index is -2.87. The minimum Gasteiger partial charge on any atom is -0.435 e. The van der Waals surface area contributed by atoms with Crippen LogP contribution in [0.3, 0.4) is 0 Å². The predicted molar refractivity (Wildman–Crippen MR) is 71.3 cm³/mol. The molecule has 19 heavy (non-hydrogen) atoms. The number of benzene rings is 2. The van der Waals surface area contributed by atoms with Gasteiger partial charge in [0.15, 0.2) is 0 Å². The topological polar surface area (TPSA) is 29.5 Å². The first-order chi connectivity index (χ1) is 9.06. The molecule has 0 radical (unpaired) electrons. The molecule has 5 heteroatoms. The Labute approximate surface area is 117 Å². The number of aliphatic hydroxyl groups is 1. The highest BCUT2D eigenvalue weighted by atomic mass is 79.9. The minimum absolute atomic E-state index is 0.0312. The van der Waals surface area contributed by atoms with Gasteiger partial charge >= 0.3 is 6.61 Å². The molecule has 2 aromatic rings. The summed E-state index contributed by atoms with van der Waals surface area (Å²) in [6.07, 6.45) is -0.880. The molecular formula is C14H11BrF2O2. The molecule has 0 aliphatic heterocycles. The highest BCUT2D eigenvalue weighted by molar-refractivity contribution is 9.10. The summed E-state index contributed by atoms with van der Waals surface area (Å²) in [6, 6.07) is 13.2. The Morgan fingerprint density at radius 2 is 1.68 bits per heavy atom. The van der Waals surface area contributed by atoms with Crippen LogP contribution >= 0.6 is 15.9 Å². The Balaban J connectivity index is 2.23. The summed E-state index contributed by atoms with van der Waals surface area (Å²) in [5.41, 5.74) is 1.18. The van der Waals surface area contributed by atoms with Crippen molar-refractivity contribution in [1.82, 2.24) is 0 Å². The van der Waals surface area contributed by atoms with Crippen molar-refractivity contribution in [2.75, 3.05) is 0 Å². The molecule has 0 spiro atoms. The van der Waals surface area contributed by atoms with Crippen LogP contribution in [0, 0.1) is 0 Å². The van der Waals surface area contributed by atoms with Gasteiger partial charge in [0.25, 0.3) is 0 Å². The van der Waals surface area contributed by atoms with E-state index in [9.17, 15) is 13.9 Å². The maximum Gasteiger partial charge on any atom is 0.387 e. The van der Waals surface area contributed by atoms with Crippen molar-refractivity contribution in [2.45, 2.75) is 12.7 Å². The summed E-state index contributed by atoms with van der Waals surface area (Å²) in [5.74, 6) is 0.0312. The quantitative estimate of drug-likeness (QED) is 0.914. The molecule has 1 atom stereocenters. The van der Waals surface area contributed by atoms with E-state index in [1.165, 1.54) is 12.1 Å². The fraction of sp³-hybridized carbons (Fsp3) is 0.143. The highest BCUT2D eigenvalue weighted by Crippen LogP contribution is 2.26. The Bertz CT molecular complexity index is 543. The second-order valence-electron chi connectivity index (χ2n) is 3.91. The molecule has 0 aliphatic rings. The average Bonchev–Trinajstić information content (AvgIpc) is 2.38. The normalized spacial score (nSPS) is 12.5. The number of rotatable bonds is 4. The Kier molecular flexibility index (Phi) is 4.50. The average molecular weight is 329 g/mol. The molecule has 0 heterocycles. The van der Waals surface area contributed by atoms with Crippen LogP contribution in [0.2, 0.25) is 0 Å². The molecule has 2 aromatic carbocycles. The Morgan fingerprint density at radius 1 is 1.00 bits per heavy atom. The molecular weight excluding hydrogens is 318 g/mol. The van der Waals surface area contributed by atoms with Crippen molar-refractivity contribution in [3.63, 3.8) is 0 Å². The van der Waals surface area contributed by atoms with Crippen molar-refractivity contribution >= 4 is 15.9 Å². The highest BCUT2D eigenvalue weighted by Gasteiger charge is 2.12. The number of hydrogen-bond donors (Lipinski definition) is 1. The van der Waals surface area contributed by atoms with Gasteiger partial charge in [-0.15, -0.1) is 0 Å². The lowest BCUT2D eigenvalue weighted by Gasteiger charge is -2.13. The van der Waals surface area contributed by atoms with Crippen molar-refractivity contribution in [2.24, 2.45) is 0 Å². The summed E-state index contributed by atoms with van der Waals surface area (Å²) in [7, 11) is 0. The van der Waals surface area contributed by atoms with E-state index < -0.39 is 12.7 Å². The van der Waals surface area contributed by atoms with E-state index in [1.54, 1.807) is 36.4 Å². The van der Waals surface area contributed by atoms with E-state index in [0.717, 1.165) is 4.47 Å². The van der Waals surface area contributed by atoms with Crippen LogP contribution in [0.4, 0.5) is 8.78 Å². The second kappa shape index (κ2) is 6.12. The van der Waals surface area contributed by atoms with E-state index in [1.807, 2.05) is 0 Å². The number of halogens is 3. The standard InChI is InChI=1S/C14H11BrF2O2/c15-11-6-4-9(5-7-11)13(18)10-2-1-3-12(8-10)19-14(16)17/h1-8,13-14,18H. The molecule has 0 saturated carbocycles. The summed E-state index contributed by atoms with van der Waals surface area (Å²) in [4.78, 5) is 0. The molecule has 0 aliphatic carbocycles. The van der Waals surface area contributed by atoms with Crippen molar-refractivity contribution in [1.29, 1.82) is 0 Å². The smallest absolute Gasteiger partial charge is 0.387 e. The molecule has 2 rings (SSSR count). The van der Waals surface area contributed by atoms with E-state index in [-0.39, 0.29) is 5.75 Å². The molecule has 0 amide bonds. The molecule has 0 saturated heterocycles. The van der Waals surface area contributed by atoms with Crippen LogP contribution in [0.15, 0.2) is 53.0 Å². The third-order valence-electron chi connectivity index (χ3n) is 2.58. The second-order valence-corrected chi connectivity index (χ2v) is 4.82. The van der Waals surface area contributed by atoms with E-state index >= 15 is 0 Å². The van der Waals surface area contributed by atoms with E-state index in [2.05, 4.69) is 20.7 Å². The number of ether oxygens (including phenoxy) is 1. The third-order valence-corrected chi connectivity index (χ3v) is 3.11. The van der Waals surface area contributed by atoms with Gasteiger partial charge in [-0.3, -0.25) is 0 Å². The van der Waals surface area contributed by atoms with Crippen molar-refractivity contribution in [3.8, 4) is 5.75 Å². The monoisotopic (exact) mass is 328 g/mol. The molecule has 100 valence electrons. The predicted octanol–water partition coefficient (Wildman–Crippen LogP) is 4.13. The zero-order chi connectivity index (χ0) is 13.8. The third kappa shape index (κ3) is 3.75. The first kappa shape index (κ1) is 14.0. The molecule has 1 unspecified atom stereocenters. The zero-order valence-electron chi connectivity index (χ0n) is 9.76. The molecule has 2 nitrogen and oxygen atoms in total. The van der Waals surface area contributed by atoms with Gasteiger partial charge in [-0.2, -0.15) is 8.78 Å². The van der Waals surface area contributed by atoms with Crippen LogP contribution in [0.1, 0.15) is 17.2 Å². The molecule has 0 bridgehead atoms. The number of alkyl halides is 2. The van der Waals surface area contributed by atoms with Gasteiger partial charge in [0.05, 0.1) is 0 Å². The summed E-state index contributed by atoms with van der Waals surface area (Å²) < 4.78 is 29.5. The molecule has 1 N–H and O–H groups in total. The van der Waals surface area contributed by atoms with Gasteiger partial charge in [-0.1, -0.05) is 40.2 Å². The Hall–Kier alpha value is -1.46. The number of hydrogen-bond acceptors (Lipinski definition) is 2. The van der Waals surface area contributed by atoms with Crippen LogP contribution in [-0.2, 0) is 0 Å². The lowest BCUT2D eigenvalue weighted by atomic mass is 10.0. The van der Waals surface area contributed by atoms with Gasteiger partial charge in [-0.25, -0.2) is 0 Å². The van der Waals surface area contributed by atoms with Gasteiger partial charge in [0.2, 0.25) is 0 Å². The molecule has 0 fully saturated rings. The Morgan fingerprint density at radius 3 is 2.32 bits per heavy atom. The summed E-state index contributed by atoms with van der Waals surface area (Å²) in [6.45, 7) is -2.87. The summed E-state index contributed by atoms with van der Waals surface area (Å²) >= 11 is 3.30. The van der Waals surface area contributed by atoms with Crippen molar-refractivity contribution in [3.05, 3.63) is 64.1 Å². The largest absolute Gasteiger partial charge is 0.435 e. The van der Waals surface area contributed by atoms with Crippen molar-refractivity contribution < 1.29 is 18.6 Å². The fourth-order valence-electron chi connectivity index (χ4n) is 1.70. The lowest BCUT2D eigenvalue weighted by molar-refractivity contribution is -0.0499. The zero-order valence-corrected chi connectivity index (χ0v) is 11.3. The van der Waals surface area contributed by atoms with E-state index in [4.69, 9.17) is 0 Å². The van der Waals surface area contributed by atoms with E-state index in [0.29, 0.717) is 11.1 Å². The SMILES string of the molecule is OC(c1ccc(Br)cc1)c1cccc(OC(F)F)c1. The van der Waals surface area contributed by atoms with Gasteiger partial charge < -0.3 is 9.84 Å². The lowest BCUT2D eigenvalue weighted by Crippen LogP contribution is -2.04. The van der Waals surface area contributed by atoms with Gasteiger partial charge in [0.1, 0.15) is 11.9 Å². The fourth-order valence-corrected chi connectivity index (χ4v) is 1.96. The first-order valence-corrected chi connectivity index (χ1v) is 6.34. The molecule has 0 aromatic heterocycles. The first-order valence-electron chi connectivity index (χ1n) is 5.54. The van der Waals surface area contributed by atoms with Gasteiger partial charge in [-0.05, 0) is 35.4 Å². The summed E-state index contributed by atoms with van der Waals surface area (Å²) in [5, 5.41) is 10.2. The maximum absolute atomic E-state index is 12.1. The van der Waals surface area contributed by atoms with Crippen LogP contribution < -0.4 is 4.74 Å². The van der Waals surface area contributed by atoms with Gasteiger partial charge in [0, 0.05) is 4.47 Å². The van der Waals surface area contributed by atoms with Crippen LogP contribution in [0.5, 0.6) is 5.75 Å². The van der Waals surface area contributed by atoms with Crippen LogP contribution in [0.25, 0.3) is 0 Å². The van der Waals surface area contributed by atoms with Crippen LogP contribution in [-0.4, -0.2) is 11.7 Å². The number of aliphatic hydroxyl groups excluding tert-OH is 1.